The minimum Gasteiger partial charge on any atom is -0.478 e. The summed E-state index contributed by atoms with van der Waals surface area (Å²) in [4.78, 5) is 48.2. The molecule has 0 heterocycles. The van der Waals surface area contributed by atoms with Crippen molar-refractivity contribution in [2.24, 2.45) is 0 Å². The summed E-state index contributed by atoms with van der Waals surface area (Å²) < 4.78 is 0. The lowest BCUT2D eigenvalue weighted by Crippen LogP contribution is -2.27. The zero-order valence-corrected chi connectivity index (χ0v) is 12.0. The second-order valence-electron chi connectivity index (χ2n) is 5.14. The van der Waals surface area contributed by atoms with Gasteiger partial charge < -0.3 is 21.7 Å². The Labute approximate surface area is 134 Å². The highest BCUT2D eigenvalue weighted by atomic mass is 16.4. The molecule has 2 aromatic carbocycles. The minimum absolute atomic E-state index is 0.0560. The van der Waals surface area contributed by atoms with Crippen LogP contribution in [0.1, 0.15) is 52.6 Å². The largest absolute Gasteiger partial charge is 0.478 e. The Balaban J connectivity index is 2.50. The highest BCUT2D eigenvalue weighted by Gasteiger charge is 2.38. The van der Waals surface area contributed by atoms with Gasteiger partial charge >= 0.3 is 11.9 Å². The van der Waals surface area contributed by atoms with Crippen molar-refractivity contribution in [3.05, 3.63) is 57.6 Å². The van der Waals surface area contributed by atoms with E-state index in [0.29, 0.717) is 0 Å². The number of ketones is 2. The molecule has 0 aliphatic heterocycles. The number of carboxylic acids is 2. The van der Waals surface area contributed by atoms with Gasteiger partial charge in [-0.15, -0.1) is 0 Å². The zero-order chi connectivity index (χ0) is 17.8. The minimum atomic E-state index is -1.65. The Kier molecular flexibility index (Phi) is 3.12. The molecule has 0 radical (unpaired) electrons. The van der Waals surface area contributed by atoms with Crippen LogP contribution in [0.15, 0.2) is 24.3 Å². The number of rotatable bonds is 2. The van der Waals surface area contributed by atoms with E-state index in [-0.39, 0.29) is 22.3 Å². The molecule has 3 rings (SSSR count). The Morgan fingerprint density at radius 1 is 0.750 bits per heavy atom. The van der Waals surface area contributed by atoms with E-state index in [1.54, 1.807) is 0 Å². The number of nitrogen functional groups attached to an aromatic ring is 2. The summed E-state index contributed by atoms with van der Waals surface area (Å²) in [6.45, 7) is 0. The first-order valence-corrected chi connectivity index (χ1v) is 6.67. The molecule has 6 N–H and O–H groups in total. The van der Waals surface area contributed by atoms with Gasteiger partial charge in [0.05, 0.1) is 33.6 Å². The molecule has 0 spiro atoms. The molecule has 24 heavy (non-hydrogen) atoms. The van der Waals surface area contributed by atoms with Crippen LogP contribution in [0, 0.1) is 0 Å². The van der Waals surface area contributed by atoms with Gasteiger partial charge in [-0.25, -0.2) is 9.59 Å². The van der Waals surface area contributed by atoms with E-state index in [1.165, 1.54) is 24.3 Å². The maximum atomic E-state index is 12.7. The van der Waals surface area contributed by atoms with E-state index in [9.17, 15) is 29.4 Å². The SMILES string of the molecule is Nc1c(C(=O)O)c(C(=O)O)c(N)c2c1C(=O)c1ccccc1C2=O. The van der Waals surface area contributed by atoms with E-state index in [0.717, 1.165) is 0 Å². The summed E-state index contributed by atoms with van der Waals surface area (Å²) in [5.41, 5.74) is 8.07. The second kappa shape index (κ2) is 4.92. The second-order valence-corrected chi connectivity index (χ2v) is 5.14. The van der Waals surface area contributed by atoms with E-state index < -0.39 is 46.0 Å². The van der Waals surface area contributed by atoms with Crippen molar-refractivity contribution in [1.82, 2.24) is 0 Å². The normalized spacial score (nSPS) is 12.5. The van der Waals surface area contributed by atoms with Crippen molar-refractivity contribution in [1.29, 1.82) is 0 Å². The molecule has 0 fully saturated rings. The first kappa shape index (κ1) is 15.2. The Bertz CT molecular complexity index is 899. The molecule has 0 saturated carbocycles. The van der Waals surface area contributed by atoms with Gasteiger partial charge in [0.1, 0.15) is 0 Å². The van der Waals surface area contributed by atoms with Crippen molar-refractivity contribution < 1.29 is 29.4 Å². The molecule has 0 bridgehead atoms. The highest BCUT2D eigenvalue weighted by molar-refractivity contribution is 6.34. The van der Waals surface area contributed by atoms with Gasteiger partial charge in [0.2, 0.25) is 0 Å². The lowest BCUT2D eigenvalue weighted by atomic mass is 9.79. The Morgan fingerprint density at radius 3 is 1.38 bits per heavy atom. The molecule has 1 aliphatic rings. The number of anilines is 2. The van der Waals surface area contributed by atoms with E-state index in [1.807, 2.05) is 0 Å². The maximum Gasteiger partial charge on any atom is 0.338 e. The van der Waals surface area contributed by atoms with Crippen LogP contribution in [-0.4, -0.2) is 33.7 Å². The monoisotopic (exact) mass is 326 g/mol. The average molecular weight is 326 g/mol. The molecule has 1 aliphatic carbocycles. The fraction of sp³-hybridized carbons (Fsp3) is 0. The fourth-order valence-electron chi connectivity index (χ4n) is 2.85. The molecule has 8 heteroatoms. The van der Waals surface area contributed by atoms with Crippen molar-refractivity contribution >= 4 is 34.9 Å². The maximum absolute atomic E-state index is 12.7. The van der Waals surface area contributed by atoms with Gasteiger partial charge in [0.15, 0.2) is 11.6 Å². The van der Waals surface area contributed by atoms with Crippen LogP contribution in [0.3, 0.4) is 0 Å². The molecule has 120 valence electrons. The number of aromatic carboxylic acids is 2. The summed E-state index contributed by atoms with van der Waals surface area (Å²) in [5, 5.41) is 18.5. The lowest BCUT2D eigenvalue weighted by Gasteiger charge is -2.23. The third-order valence-corrected chi connectivity index (χ3v) is 3.88. The van der Waals surface area contributed by atoms with Crippen molar-refractivity contribution in [3.63, 3.8) is 0 Å². The summed E-state index contributed by atoms with van der Waals surface area (Å²) in [5.74, 6) is -4.66. The van der Waals surface area contributed by atoms with Gasteiger partial charge in [0.25, 0.3) is 0 Å². The quantitative estimate of drug-likeness (QED) is 0.507. The molecule has 0 atom stereocenters. The van der Waals surface area contributed by atoms with Crippen LogP contribution in [0.2, 0.25) is 0 Å². The lowest BCUT2D eigenvalue weighted by molar-refractivity contribution is 0.0653. The molecule has 0 amide bonds. The standard InChI is InChI=1S/C16H10N2O6/c17-11-7-8(12(18)10(16(23)24)9(11)15(21)22)14(20)6-4-2-1-3-5(6)13(7)19/h1-4H,17-18H2,(H,21,22)(H,23,24). The van der Waals surface area contributed by atoms with Crippen molar-refractivity contribution in [3.8, 4) is 0 Å². The first-order chi connectivity index (χ1) is 11.3. The summed E-state index contributed by atoms with van der Waals surface area (Å²) in [6, 6.07) is 5.88. The number of carbonyl (C=O) groups is 4. The van der Waals surface area contributed by atoms with Gasteiger partial charge in [-0.1, -0.05) is 24.3 Å². The first-order valence-electron chi connectivity index (χ1n) is 6.67. The van der Waals surface area contributed by atoms with Crippen LogP contribution >= 0.6 is 0 Å². The topological polar surface area (TPSA) is 161 Å². The Hall–Kier alpha value is -3.68. The third-order valence-electron chi connectivity index (χ3n) is 3.88. The molecule has 8 nitrogen and oxygen atoms in total. The molecule has 0 saturated heterocycles. The summed E-state index contributed by atoms with van der Waals surface area (Å²) in [7, 11) is 0. The predicted molar refractivity (Wildman–Crippen MR) is 82.5 cm³/mol. The number of carboxylic acid groups (broad SMARTS) is 2. The molecule has 0 unspecified atom stereocenters. The van der Waals surface area contributed by atoms with E-state index >= 15 is 0 Å². The summed E-state index contributed by atoms with van der Waals surface area (Å²) >= 11 is 0. The number of carbonyl (C=O) groups excluding carboxylic acids is 2. The number of hydrogen-bond donors (Lipinski definition) is 4. The molecule has 0 aromatic heterocycles. The van der Waals surface area contributed by atoms with E-state index in [2.05, 4.69) is 0 Å². The average Bonchev–Trinajstić information content (AvgIpc) is 2.53. The van der Waals surface area contributed by atoms with Gasteiger partial charge in [-0.3, -0.25) is 9.59 Å². The highest BCUT2D eigenvalue weighted by Crippen LogP contribution is 2.39. The van der Waals surface area contributed by atoms with Crippen molar-refractivity contribution in [2.45, 2.75) is 0 Å². The smallest absolute Gasteiger partial charge is 0.338 e. The molecule has 2 aromatic rings. The zero-order valence-electron chi connectivity index (χ0n) is 12.0. The van der Waals surface area contributed by atoms with E-state index in [4.69, 9.17) is 11.5 Å². The van der Waals surface area contributed by atoms with Crippen LogP contribution < -0.4 is 11.5 Å². The van der Waals surface area contributed by atoms with Gasteiger partial charge in [-0.2, -0.15) is 0 Å². The van der Waals surface area contributed by atoms with Gasteiger partial charge in [0, 0.05) is 11.1 Å². The molecular formula is C16H10N2O6. The molecular weight excluding hydrogens is 316 g/mol. The number of fused-ring (bicyclic) bond motifs is 2. The Morgan fingerprint density at radius 2 is 1.08 bits per heavy atom. The fourth-order valence-corrected chi connectivity index (χ4v) is 2.85. The number of nitrogens with two attached hydrogens (primary N) is 2. The van der Waals surface area contributed by atoms with Crippen LogP contribution in [0.25, 0.3) is 0 Å². The van der Waals surface area contributed by atoms with Crippen molar-refractivity contribution in [2.75, 3.05) is 11.5 Å². The number of benzene rings is 2. The third kappa shape index (κ3) is 1.80. The van der Waals surface area contributed by atoms with Gasteiger partial charge in [-0.05, 0) is 0 Å². The van der Waals surface area contributed by atoms with Crippen LogP contribution in [0.4, 0.5) is 11.4 Å². The number of hydrogen-bond acceptors (Lipinski definition) is 6. The van der Waals surface area contributed by atoms with Crippen LogP contribution in [0.5, 0.6) is 0 Å². The summed E-state index contributed by atoms with van der Waals surface area (Å²) in [6.07, 6.45) is 0. The van der Waals surface area contributed by atoms with Crippen LogP contribution in [-0.2, 0) is 0 Å². The predicted octanol–water partition coefficient (Wildman–Crippen LogP) is 1.02.